The Morgan fingerprint density at radius 2 is 1.86 bits per heavy atom. The van der Waals surface area contributed by atoms with Gasteiger partial charge in [-0.1, -0.05) is 40.2 Å². The zero-order valence-corrected chi connectivity index (χ0v) is 13.8. The minimum absolute atomic E-state index is 0.306. The molecule has 4 heteroatoms. The summed E-state index contributed by atoms with van der Waals surface area (Å²) in [5, 5.41) is 0. The second-order valence-corrected chi connectivity index (χ2v) is 6.01. The fourth-order valence-corrected chi connectivity index (χ4v) is 2.55. The Balaban J connectivity index is 1.98. The summed E-state index contributed by atoms with van der Waals surface area (Å²) in [6.45, 7) is 4.06. The molecule has 2 aromatic rings. The van der Waals surface area contributed by atoms with E-state index in [4.69, 9.17) is 4.74 Å². The maximum atomic E-state index is 12.0. The third-order valence-electron chi connectivity index (χ3n) is 3.57. The lowest BCUT2D eigenvalue weighted by molar-refractivity contribution is -0.129. The minimum Gasteiger partial charge on any atom is -0.402 e. The number of aliphatic imine (C=N–C) groups is 1. The number of carbonyl (C=O) groups excluding carboxylic acids is 1. The smallest absolute Gasteiger partial charge is 0.363 e. The highest BCUT2D eigenvalue weighted by molar-refractivity contribution is 9.10. The van der Waals surface area contributed by atoms with Gasteiger partial charge in [0.1, 0.15) is 0 Å². The summed E-state index contributed by atoms with van der Waals surface area (Å²) in [6.07, 6.45) is 1.72. The fraction of sp³-hybridized carbons (Fsp3) is 0.111. The summed E-state index contributed by atoms with van der Waals surface area (Å²) in [5.74, 6) is -0.0737. The monoisotopic (exact) mass is 355 g/mol. The normalized spacial score (nSPS) is 15.9. The van der Waals surface area contributed by atoms with Gasteiger partial charge in [-0.05, 0) is 54.8 Å². The Labute approximate surface area is 137 Å². The zero-order valence-electron chi connectivity index (χ0n) is 12.3. The molecule has 0 spiro atoms. The van der Waals surface area contributed by atoms with E-state index in [1.54, 1.807) is 6.08 Å². The van der Waals surface area contributed by atoms with Crippen molar-refractivity contribution in [3.05, 3.63) is 74.9 Å². The second-order valence-electron chi connectivity index (χ2n) is 5.16. The van der Waals surface area contributed by atoms with Crippen LogP contribution in [0.15, 0.2) is 57.6 Å². The molecular weight excluding hydrogens is 342 g/mol. The SMILES string of the molecule is Cc1ccc(C2=N/C(=C\c3ccccc3Br)C(=O)O2)cc1C. The van der Waals surface area contributed by atoms with E-state index >= 15 is 0 Å². The van der Waals surface area contributed by atoms with Crippen LogP contribution in [0.5, 0.6) is 0 Å². The van der Waals surface area contributed by atoms with Gasteiger partial charge < -0.3 is 4.74 Å². The van der Waals surface area contributed by atoms with Crippen LogP contribution in [-0.2, 0) is 9.53 Å². The van der Waals surface area contributed by atoms with Crippen LogP contribution in [0.3, 0.4) is 0 Å². The summed E-state index contributed by atoms with van der Waals surface area (Å²) < 4.78 is 6.20. The topological polar surface area (TPSA) is 38.7 Å². The van der Waals surface area contributed by atoms with E-state index in [2.05, 4.69) is 20.9 Å². The van der Waals surface area contributed by atoms with Crippen molar-refractivity contribution in [2.24, 2.45) is 4.99 Å². The van der Waals surface area contributed by atoms with Crippen molar-refractivity contribution in [2.75, 3.05) is 0 Å². The van der Waals surface area contributed by atoms with Crippen molar-refractivity contribution in [3.8, 4) is 0 Å². The van der Waals surface area contributed by atoms with Gasteiger partial charge in [-0.15, -0.1) is 0 Å². The predicted molar refractivity (Wildman–Crippen MR) is 90.7 cm³/mol. The van der Waals surface area contributed by atoms with Crippen molar-refractivity contribution >= 4 is 33.9 Å². The summed E-state index contributed by atoms with van der Waals surface area (Å²) >= 11 is 3.46. The Morgan fingerprint density at radius 3 is 2.59 bits per heavy atom. The van der Waals surface area contributed by atoms with E-state index in [9.17, 15) is 4.79 Å². The van der Waals surface area contributed by atoms with E-state index in [-0.39, 0.29) is 0 Å². The quantitative estimate of drug-likeness (QED) is 0.591. The van der Waals surface area contributed by atoms with E-state index in [1.165, 1.54) is 5.56 Å². The standard InChI is InChI=1S/C18H14BrNO2/c1-11-7-8-14(9-12(11)2)17-20-16(18(21)22-17)10-13-5-3-4-6-15(13)19/h3-10H,1-2H3/b16-10-. The van der Waals surface area contributed by atoms with Crippen LogP contribution in [0.4, 0.5) is 0 Å². The van der Waals surface area contributed by atoms with Crippen molar-refractivity contribution in [3.63, 3.8) is 0 Å². The third-order valence-corrected chi connectivity index (χ3v) is 4.29. The van der Waals surface area contributed by atoms with Crippen LogP contribution in [0.25, 0.3) is 6.08 Å². The number of rotatable bonds is 2. The molecule has 0 aromatic heterocycles. The highest BCUT2D eigenvalue weighted by atomic mass is 79.9. The number of ether oxygens (including phenoxy) is 1. The first-order valence-corrected chi connectivity index (χ1v) is 7.68. The first-order chi connectivity index (χ1) is 10.5. The molecule has 1 heterocycles. The van der Waals surface area contributed by atoms with Crippen LogP contribution in [0.2, 0.25) is 0 Å². The van der Waals surface area contributed by atoms with E-state index < -0.39 is 5.97 Å². The zero-order chi connectivity index (χ0) is 15.7. The van der Waals surface area contributed by atoms with E-state index in [0.717, 1.165) is 21.2 Å². The summed E-state index contributed by atoms with van der Waals surface area (Å²) in [7, 11) is 0. The maximum absolute atomic E-state index is 12.0. The lowest BCUT2D eigenvalue weighted by Crippen LogP contribution is -2.05. The molecule has 0 N–H and O–H groups in total. The molecule has 1 aliphatic heterocycles. The van der Waals surface area contributed by atoms with Crippen molar-refractivity contribution in [1.29, 1.82) is 0 Å². The van der Waals surface area contributed by atoms with Gasteiger partial charge in [0.25, 0.3) is 0 Å². The average molecular weight is 356 g/mol. The van der Waals surface area contributed by atoms with Gasteiger partial charge in [0, 0.05) is 10.0 Å². The highest BCUT2D eigenvalue weighted by Gasteiger charge is 2.24. The molecule has 0 amide bonds. The summed E-state index contributed by atoms with van der Waals surface area (Å²) in [4.78, 5) is 16.3. The number of nitrogens with zero attached hydrogens (tertiary/aromatic N) is 1. The Kier molecular flexibility index (Phi) is 3.94. The predicted octanol–water partition coefficient (Wildman–Crippen LogP) is 4.41. The number of hydrogen-bond acceptors (Lipinski definition) is 3. The number of carbonyl (C=O) groups is 1. The van der Waals surface area contributed by atoms with Gasteiger partial charge in [0.2, 0.25) is 5.90 Å². The Hall–Kier alpha value is -2.20. The number of aryl methyl sites for hydroxylation is 2. The molecule has 3 nitrogen and oxygen atoms in total. The largest absolute Gasteiger partial charge is 0.402 e. The molecule has 110 valence electrons. The highest BCUT2D eigenvalue weighted by Crippen LogP contribution is 2.23. The summed E-state index contributed by atoms with van der Waals surface area (Å²) in [5.41, 5.74) is 4.34. The Bertz CT molecular complexity index is 822. The lowest BCUT2D eigenvalue weighted by atomic mass is 10.1. The van der Waals surface area contributed by atoms with Crippen LogP contribution in [0, 0.1) is 13.8 Å². The van der Waals surface area contributed by atoms with Gasteiger partial charge in [0.05, 0.1) is 0 Å². The molecule has 3 rings (SSSR count). The summed E-state index contributed by atoms with van der Waals surface area (Å²) in [6, 6.07) is 13.5. The van der Waals surface area contributed by atoms with Crippen LogP contribution >= 0.6 is 15.9 Å². The van der Waals surface area contributed by atoms with E-state index in [1.807, 2.05) is 56.3 Å². The van der Waals surface area contributed by atoms with Crippen molar-refractivity contribution < 1.29 is 9.53 Å². The molecule has 0 atom stereocenters. The first kappa shape index (κ1) is 14.7. The fourth-order valence-electron chi connectivity index (χ4n) is 2.15. The van der Waals surface area contributed by atoms with Gasteiger partial charge in [-0.3, -0.25) is 0 Å². The first-order valence-electron chi connectivity index (χ1n) is 6.89. The molecule has 0 unspecified atom stereocenters. The molecule has 2 aromatic carbocycles. The molecule has 22 heavy (non-hydrogen) atoms. The third kappa shape index (κ3) is 2.88. The van der Waals surface area contributed by atoms with Crippen molar-refractivity contribution in [1.82, 2.24) is 0 Å². The number of cyclic esters (lactones) is 1. The lowest BCUT2D eigenvalue weighted by Gasteiger charge is -2.03. The van der Waals surface area contributed by atoms with Crippen molar-refractivity contribution in [2.45, 2.75) is 13.8 Å². The average Bonchev–Trinajstić information content (AvgIpc) is 2.85. The number of esters is 1. The molecule has 0 radical (unpaired) electrons. The molecule has 1 aliphatic rings. The van der Waals surface area contributed by atoms with Crippen LogP contribution < -0.4 is 0 Å². The second kappa shape index (κ2) is 5.89. The number of hydrogen-bond donors (Lipinski definition) is 0. The number of benzene rings is 2. The van der Waals surface area contributed by atoms with Gasteiger partial charge >= 0.3 is 5.97 Å². The molecule has 0 fully saturated rings. The molecule has 0 bridgehead atoms. The molecule has 0 saturated heterocycles. The van der Waals surface area contributed by atoms with E-state index in [0.29, 0.717) is 11.6 Å². The molecular formula is C18H14BrNO2. The van der Waals surface area contributed by atoms with Gasteiger partial charge in [-0.25, -0.2) is 9.79 Å². The van der Waals surface area contributed by atoms with Crippen LogP contribution in [-0.4, -0.2) is 11.9 Å². The number of halogens is 1. The van der Waals surface area contributed by atoms with Gasteiger partial charge in [0.15, 0.2) is 5.70 Å². The molecule has 0 aliphatic carbocycles. The Morgan fingerprint density at radius 1 is 1.09 bits per heavy atom. The van der Waals surface area contributed by atoms with Gasteiger partial charge in [-0.2, -0.15) is 0 Å². The maximum Gasteiger partial charge on any atom is 0.363 e. The minimum atomic E-state index is -0.427. The molecule has 0 saturated carbocycles. The van der Waals surface area contributed by atoms with Crippen LogP contribution in [0.1, 0.15) is 22.3 Å².